The van der Waals surface area contributed by atoms with Crippen LogP contribution in [0.5, 0.6) is 0 Å². The molecule has 0 aromatic rings. The molecule has 2 nitrogen and oxygen atoms in total. The lowest BCUT2D eigenvalue weighted by Gasteiger charge is -2.28. The van der Waals surface area contributed by atoms with E-state index < -0.39 is 0 Å². The summed E-state index contributed by atoms with van der Waals surface area (Å²) >= 11 is 0. The van der Waals surface area contributed by atoms with E-state index in [-0.39, 0.29) is 0 Å². The predicted octanol–water partition coefficient (Wildman–Crippen LogP) is 0.820. The van der Waals surface area contributed by atoms with Crippen molar-refractivity contribution < 1.29 is 0 Å². The Morgan fingerprint density at radius 2 is 2.27 bits per heavy atom. The minimum absolute atomic E-state index is 0.804. The van der Waals surface area contributed by atoms with Crippen molar-refractivity contribution in [1.29, 1.82) is 0 Å². The van der Waals surface area contributed by atoms with E-state index in [0.717, 1.165) is 18.5 Å². The first-order valence-electron chi connectivity index (χ1n) is 4.84. The van der Waals surface area contributed by atoms with Crippen LogP contribution < -0.4 is 5.73 Å². The second kappa shape index (κ2) is 3.11. The minimum Gasteiger partial charge on any atom is -0.330 e. The maximum atomic E-state index is 5.66. The highest BCUT2D eigenvalue weighted by Crippen LogP contribution is 2.29. The van der Waals surface area contributed by atoms with Crippen molar-refractivity contribution in [2.45, 2.75) is 31.7 Å². The Labute approximate surface area is 68.7 Å². The summed E-state index contributed by atoms with van der Waals surface area (Å²) in [5, 5.41) is 0. The zero-order valence-electron chi connectivity index (χ0n) is 7.13. The van der Waals surface area contributed by atoms with Crippen molar-refractivity contribution in [3.63, 3.8) is 0 Å². The molecule has 64 valence electrons. The molecule has 2 atom stereocenters. The molecule has 2 aliphatic heterocycles. The second-order valence-electron chi connectivity index (χ2n) is 3.98. The minimum atomic E-state index is 0.804. The first-order valence-corrected chi connectivity index (χ1v) is 4.84. The Hall–Kier alpha value is -0.0800. The third kappa shape index (κ3) is 1.42. The molecule has 2 heterocycles. The van der Waals surface area contributed by atoms with Gasteiger partial charge in [0, 0.05) is 12.6 Å². The Kier molecular flexibility index (Phi) is 2.14. The van der Waals surface area contributed by atoms with Gasteiger partial charge in [0.2, 0.25) is 0 Å². The Bertz CT molecular complexity index is 122. The van der Waals surface area contributed by atoms with Crippen molar-refractivity contribution in [1.82, 2.24) is 4.90 Å². The fraction of sp³-hybridized carbons (Fsp3) is 1.00. The monoisotopic (exact) mass is 154 g/mol. The summed E-state index contributed by atoms with van der Waals surface area (Å²) in [6.07, 6.45) is 5.65. The molecule has 0 aromatic carbocycles. The third-order valence-electron chi connectivity index (χ3n) is 3.18. The molecule has 0 aliphatic carbocycles. The Morgan fingerprint density at radius 3 is 3.00 bits per heavy atom. The second-order valence-corrected chi connectivity index (χ2v) is 3.98. The van der Waals surface area contributed by atoms with Crippen molar-refractivity contribution in [3.05, 3.63) is 0 Å². The van der Waals surface area contributed by atoms with Gasteiger partial charge in [0.05, 0.1) is 0 Å². The van der Waals surface area contributed by atoms with Crippen molar-refractivity contribution in [2.75, 3.05) is 19.6 Å². The molecule has 0 bridgehead atoms. The van der Waals surface area contributed by atoms with E-state index in [1.807, 2.05) is 0 Å². The molecule has 2 rings (SSSR count). The molecule has 0 amide bonds. The molecule has 11 heavy (non-hydrogen) atoms. The van der Waals surface area contributed by atoms with Gasteiger partial charge in [0.1, 0.15) is 0 Å². The molecular weight excluding hydrogens is 136 g/mol. The largest absolute Gasteiger partial charge is 0.330 e. The maximum absolute atomic E-state index is 5.66. The zero-order chi connectivity index (χ0) is 7.68. The Morgan fingerprint density at radius 1 is 1.36 bits per heavy atom. The fourth-order valence-electron chi connectivity index (χ4n) is 2.53. The maximum Gasteiger partial charge on any atom is 0.00989 e. The molecule has 0 unspecified atom stereocenters. The van der Waals surface area contributed by atoms with Crippen LogP contribution in [0.1, 0.15) is 25.7 Å². The van der Waals surface area contributed by atoms with Crippen LogP contribution in [-0.4, -0.2) is 30.6 Å². The highest BCUT2D eigenvalue weighted by atomic mass is 15.2. The normalized spacial score (nSPS) is 39.0. The highest BCUT2D eigenvalue weighted by molar-refractivity contribution is 4.87. The molecule has 2 fully saturated rings. The summed E-state index contributed by atoms with van der Waals surface area (Å²) in [6.45, 7) is 3.51. The highest BCUT2D eigenvalue weighted by Gasteiger charge is 2.32. The van der Waals surface area contributed by atoms with Gasteiger partial charge < -0.3 is 10.6 Å². The van der Waals surface area contributed by atoms with Crippen LogP contribution in [0.4, 0.5) is 0 Å². The average molecular weight is 154 g/mol. The van der Waals surface area contributed by atoms with Crippen LogP contribution in [0.15, 0.2) is 0 Å². The van der Waals surface area contributed by atoms with Gasteiger partial charge in [-0.3, -0.25) is 0 Å². The van der Waals surface area contributed by atoms with Gasteiger partial charge in [0.15, 0.2) is 0 Å². The van der Waals surface area contributed by atoms with Gasteiger partial charge in [-0.15, -0.1) is 0 Å². The lowest BCUT2D eigenvalue weighted by Crippen LogP contribution is -2.34. The van der Waals surface area contributed by atoms with Gasteiger partial charge >= 0.3 is 0 Å². The van der Waals surface area contributed by atoms with E-state index >= 15 is 0 Å². The van der Waals surface area contributed by atoms with E-state index in [1.54, 1.807) is 0 Å². The summed E-state index contributed by atoms with van der Waals surface area (Å²) < 4.78 is 0. The van der Waals surface area contributed by atoms with Gasteiger partial charge in [-0.1, -0.05) is 6.42 Å². The van der Waals surface area contributed by atoms with Crippen molar-refractivity contribution in [3.8, 4) is 0 Å². The summed E-state index contributed by atoms with van der Waals surface area (Å²) in [6, 6.07) is 0.900. The van der Waals surface area contributed by atoms with Gasteiger partial charge in [0.25, 0.3) is 0 Å². The van der Waals surface area contributed by atoms with E-state index in [1.165, 1.54) is 38.8 Å². The lowest BCUT2D eigenvalue weighted by molar-refractivity contribution is 0.196. The molecule has 2 aliphatic rings. The van der Waals surface area contributed by atoms with Crippen LogP contribution in [0.2, 0.25) is 0 Å². The zero-order valence-corrected chi connectivity index (χ0v) is 7.13. The summed E-state index contributed by atoms with van der Waals surface area (Å²) in [7, 11) is 0. The SMILES string of the molecule is NC[C@H]1C[C@@H]2CCCCN2C1. The number of nitrogens with two attached hydrogens (primary N) is 1. The summed E-state index contributed by atoms with van der Waals surface area (Å²) in [5.41, 5.74) is 5.66. The summed E-state index contributed by atoms with van der Waals surface area (Å²) in [5.74, 6) is 0.804. The quantitative estimate of drug-likeness (QED) is 0.606. The number of hydrogen-bond acceptors (Lipinski definition) is 2. The van der Waals surface area contributed by atoms with E-state index in [2.05, 4.69) is 4.90 Å². The standard InChI is InChI=1S/C9H18N2/c10-6-8-5-9-3-1-2-4-11(9)7-8/h8-9H,1-7,10H2/t8-,9+/m1/s1. The predicted molar refractivity (Wildman–Crippen MR) is 46.4 cm³/mol. The smallest absolute Gasteiger partial charge is 0.00989 e. The van der Waals surface area contributed by atoms with E-state index in [9.17, 15) is 0 Å². The van der Waals surface area contributed by atoms with Crippen LogP contribution in [0.25, 0.3) is 0 Å². The van der Waals surface area contributed by atoms with Crippen LogP contribution in [-0.2, 0) is 0 Å². The number of hydrogen-bond donors (Lipinski definition) is 1. The van der Waals surface area contributed by atoms with Gasteiger partial charge in [-0.05, 0) is 38.3 Å². The molecular formula is C9H18N2. The topological polar surface area (TPSA) is 29.3 Å². The Balaban J connectivity index is 1.92. The number of piperidine rings is 1. The first kappa shape index (κ1) is 7.56. The number of fused-ring (bicyclic) bond motifs is 1. The van der Waals surface area contributed by atoms with Crippen LogP contribution >= 0.6 is 0 Å². The number of rotatable bonds is 1. The van der Waals surface area contributed by atoms with E-state index in [4.69, 9.17) is 5.73 Å². The average Bonchev–Trinajstić information content (AvgIpc) is 2.46. The first-order chi connectivity index (χ1) is 5.40. The molecule has 2 N–H and O–H groups in total. The molecule has 0 spiro atoms. The van der Waals surface area contributed by atoms with Crippen molar-refractivity contribution >= 4 is 0 Å². The third-order valence-corrected chi connectivity index (χ3v) is 3.18. The molecule has 0 aromatic heterocycles. The van der Waals surface area contributed by atoms with Crippen LogP contribution in [0.3, 0.4) is 0 Å². The fourth-order valence-corrected chi connectivity index (χ4v) is 2.53. The van der Waals surface area contributed by atoms with Crippen LogP contribution in [0, 0.1) is 5.92 Å². The van der Waals surface area contributed by atoms with E-state index in [0.29, 0.717) is 0 Å². The molecule has 0 saturated carbocycles. The van der Waals surface area contributed by atoms with Gasteiger partial charge in [-0.25, -0.2) is 0 Å². The lowest BCUT2D eigenvalue weighted by atomic mass is 10.00. The molecule has 0 radical (unpaired) electrons. The number of nitrogens with zero attached hydrogens (tertiary/aromatic N) is 1. The summed E-state index contributed by atoms with van der Waals surface area (Å²) in [4.78, 5) is 2.64. The van der Waals surface area contributed by atoms with Gasteiger partial charge in [-0.2, -0.15) is 0 Å². The molecule has 2 saturated heterocycles. The van der Waals surface area contributed by atoms with Crippen molar-refractivity contribution in [2.24, 2.45) is 11.7 Å². The molecule has 2 heteroatoms.